The van der Waals surface area contributed by atoms with Gasteiger partial charge in [0.15, 0.2) is 0 Å². The fourth-order valence-electron chi connectivity index (χ4n) is 2.95. The fraction of sp³-hybridized carbons (Fsp3) is 0.500. The minimum Gasteiger partial charge on any atom is -0.487 e. The number of hydrogen-bond donors (Lipinski definition) is 4. The van der Waals surface area contributed by atoms with Gasteiger partial charge in [-0.05, 0) is 25.1 Å². The van der Waals surface area contributed by atoms with Crippen molar-refractivity contribution >= 4 is 5.91 Å². The first kappa shape index (κ1) is 20.2. The lowest BCUT2D eigenvalue weighted by molar-refractivity contribution is -0.171. The van der Waals surface area contributed by atoms with Crippen molar-refractivity contribution in [3.8, 4) is 5.75 Å². The fourth-order valence-corrected chi connectivity index (χ4v) is 2.95. The summed E-state index contributed by atoms with van der Waals surface area (Å²) in [5.41, 5.74) is 1.01. The van der Waals surface area contributed by atoms with E-state index < -0.39 is 24.4 Å². The average Bonchev–Trinajstić information content (AvgIpc) is 3.17. The monoisotopic (exact) mass is 392 g/mol. The van der Waals surface area contributed by atoms with Gasteiger partial charge in [-0.3, -0.25) is 4.79 Å². The lowest BCUT2D eigenvalue weighted by Gasteiger charge is -2.36. The molecule has 1 aromatic carbocycles. The molecule has 1 saturated heterocycles. The smallest absolute Gasteiger partial charge is 0.251 e. The summed E-state index contributed by atoms with van der Waals surface area (Å²) in [6.07, 6.45) is -1.59. The SMILES string of the molecule is CCNC(=O)c1cccc(OCc2cn([C@H]3CO[C@H](CO)[C@H](O)[C@@H]3O)nn2)c1. The van der Waals surface area contributed by atoms with Gasteiger partial charge in [-0.15, -0.1) is 5.10 Å². The molecule has 1 fully saturated rings. The van der Waals surface area contributed by atoms with Crippen LogP contribution in [-0.2, 0) is 11.3 Å². The predicted octanol–water partition coefficient (Wildman–Crippen LogP) is -0.739. The van der Waals surface area contributed by atoms with Crippen LogP contribution in [-0.4, -0.2) is 74.3 Å². The van der Waals surface area contributed by atoms with Crippen molar-refractivity contribution in [1.82, 2.24) is 20.3 Å². The van der Waals surface area contributed by atoms with E-state index in [0.29, 0.717) is 23.6 Å². The van der Waals surface area contributed by atoms with Crippen LogP contribution in [0.25, 0.3) is 0 Å². The summed E-state index contributed by atoms with van der Waals surface area (Å²) < 4.78 is 12.4. The van der Waals surface area contributed by atoms with Gasteiger partial charge in [0.05, 0.1) is 19.4 Å². The minimum atomic E-state index is -1.22. The molecular weight excluding hydrogens is 368 g/mol. The van der Waals surface area contributed by atoms with E-state index in [4.69, 9.17) is 14.6 Å². The van der Waals surface area contributed by atoms with Gasteiger partial charge in [0, 0.05) is 12.1 Å². The van der Waals surface area contributed by atoms with Crippen LogP contribution >= 0.6 is 0 Å². The highest BCUT2D eigenvalue weighted by atomic mass is 16.5. The molecular formula is C18H24N4O6. The second-order valence-corrected chi connectivity index (χ2v) is 6.47. The molecule has 10 heteroatoms. The van der Waals surface area contributed by atoms with Crippen molar-refractivity contribution < 1.29 is 29.6 Å². The van der Waals surface area contributed by atoms with Crippen molar-refractivity contribution in [2.75, 3.05) is 19.8 Å². The van der Waals surface area contributed by atoms with E-state index in [0.717, 1.165) is 0 Å². The third-order valence-corrected chi connectivity index (χ3v) is 4.50. The van der Waals surface area contributed by atoms with Crippen LogP contribution < -0.4 is 10.1 Å². The normalized spacial score (nSPS) is 24.7. The molecule has 1 amide bonds. The Morgan fingerprint density at radius 2 is 2.21 bits per heavy atom. The van der Waals surface area contributed by atoms with E-state index in [1.54, 1.807) is 30.5 Å². The summed E-state index contributed by atoms with van der Waals surface area (Å²) >= 11 is 0. The highest BCUT2D eigenvalue weighted by molar-refractivity contribution is 5.94. The molecule has 3 rings (SSSR count). The van der Waals surface area contributed by atoms with Crippen LogP contribution in [0.4, 0.5) is 0 Å². The predicted molar refractivity (Wildman–Crippen MR) is 96.7 cm³/mol. The molecule has 152 valence electrons. The van der Waals surface area contributed by atoms with Crippen molar-refractivity contribution in [3.63, 3.8) is 0 Å². The Labute approximate surface area is 161 Å². The molecule has 10 nitrogen and oxygen atoms in total. The zero-order valence-corrected chi connectivity index (χ0v) is 15.4. The van der Waals surface area contributed by atoms with Gasteiger partial charge in [-0.25, -0.2) is 4.68 Å². The van der Waals surface area contributed by atoms with Crippen molar-refractivity contribution in [2.45, 2.75) is 37.9 Å². The summed E-state index contributed by atoms with van der Waals surface area (Å²) in [4.78, 5) is 11.9. The Bertz CT molecular complexity index is 798. The van der Waals surface area contributed by atoms with E-state index in [2.05, 4.69) is 15.6 Å². The van der Waals surface area contributed by atoms with Crippen LogP contribution in [0.2, 0.25) is 0 Å². The summed E-state index contributed by atoms with van der Waals surface area (Å²) in [5, 5.41) is 40.0. The molecule has 4 N–H and O–H groups in total. The lowest BCUT2D eigenvalue weighted by Crippen LogP contribution is -2.52. The number of nitrogens with zero attached hydrogens (tertiary/aromatic N) is 3. The van der Waals surface area contributed by atoms with Gasteiger partial charge >= 0.3 is 0 Å². The number of aliphatic hydroxyl groups excluding tert-OH is 3. The number of ether oxygens (including phenoxy) is 2. The molecule has 28 heavy (non-hydrogen) atoms. The van der Waals surface area contributed by atoms with Gasteiger partial charge in [0.2, 0.25) is 0 Å². The Balaban J connectivity index is 1.61. The molecule has 4 atom stereocenters. The first-order valence-corrected chi connectivity index (χ1v) is 9.03. The Kier molecular flexibility index (Phi) is 6.57. The molecule has 0 bridgehead atoms. The number of rotatable bonds is 7. The number of hydrogen-bond acceptors (Lipinski definition) is 8. The third-order valence-electron chi connectivity index (χ3n) is 4.50. The molecule has 2 heterocycles. The van der Waals surface area contributed by atoms with Gasteiger partial charge in [-0.1, -0.05) is 11.3 Å². The van der Waals surface area contributed by atoms with Crippen LogP contribution in [0.5, 0.6) is 5.75 Å². The third kappa shape index (κ3) is 4.47. The number of aliphatic hydroxyl groups is 3. The number of benzene rings is 1. The lowest BCUT2D eigenvalue weighted by atomic mass is 9.98. The molecule has 0 unspecified atom stereocenters. The zero-order chi connectivity index (χ0) is 20.1. The first-order valence-electron chi connectivity index (χ1n) is 9.03. The molecule has 1 aliphatic heterocycles. The Morgan fingerprint density at radius 1 is 1.39 bits per heavy atom. The van der Waals surface area contributed by atoms with E-state index in [1.807, 2.05) is 6.92 Å². The molecule has 1 aliphatic rings. The minimum absolute atomic E-state index is 0.0850. The van der Waals surface area contributed by atoms with Crippen LogP contribution in [0.1, 0.15) is 29.0 Å². The summed E-state index contributed by atoms with van der Waals surface area (Å²) in [7, 11) is 0. The summed E-state index contributed by atoms with van der Waals surface area (Å²) in [5.74, 6) is 0.338. The van der Waals surface area contributed by atoms with Gasteiger partial charge < -0.3 is 30.1 Å². The quantitative estimate of drug-likeness (QED) is 0.483. The zero-order valence-electron chi connectivity index (χ0n) is 15.4. The topological polar surface area (TPSA) is 139 Å². The number of carbonyl (C=O) groups is 1. The molecule has 0 spiro atoms. The van der Waals surface area contributed by atoms with E-state index in [-0.39, 0.29) is 25.7 Å². The van der Waals surface area contributed by atoms with Gasteiger partial charge in [-0.2, -0.15) is 0 Å². The van der Waals surface area contributed by atoms with Crippen molar-refractivity contribution in [1.29, 1.82) is 0 Å². The summed E-state index contributed by atoms with van der Waals surface area (Å²) in [6.45, 7) is 2.21. The van der Waals surface area contributed by atoms with Crippen LogP contribution in [0.3, 0.4) is 0 Å². The van der Waals surface area contributed by atoms with Crippen LogP contribution in [0, 0.1) is 0 Å². The number of carbonyl (C=O) groups excluding carboxylic acids is 1. The Hall–Kier alpha value is -2.53. The Morgan fingerprint density at radius 3 is 2.96 bits per heavy atom. The molecule has 1 aromatic heterocycles. The second kappa shape index (κ2) is 9.11. The molecule has 0 saturated carbocycles. The molecule has 2 aromatic rings. The van der Waals surface area contributed by atoms with Gasteiger partial charge in [0.1, 0.15) is 42.4 Å². The van der Waals surface area contributed by atoms with Gasteiger partial charge in [0.25, 0.3) is 5.91 Å². The molecule has 0 aliphatic carbocycles. The van der Waals surface area contributed by atoms with E-state index in [9.17, 15) is 15.0 Å². The highest BCUT2D eigenvalue weighted by Crippen LogP contribution is 2.24. The number of aromatic nitrogens is 3. The van der Waals surface area contributed by atoms with Crippen molar-refractivity contribution in [3.05, 3.63) is 41.7 Å². The maximum absolute atomic E-state index is 11.9. The largest absolute Gasteiger partial charge is 0.487 e. The summed E-state index contributed by atoms with van der Waals surface area (Å²) in [6, 6.07) is 6.17. The van der Waals surface area contributed by atoms with Crippen LogP contribution in [0.15, 0.2) is 30.5 Å². The standard InChI is InChI=1S/C18H24N4O6/c1-2-19-18(26)11-4-3-5-13(6-11)27-9-12-7-22(21-20-12)14-10-28-15(8-23)17(25)16(14)24/h3-7,14-17,23-25H,2,8-10H2,1H3,(H,19,26)/t14-,15+,16+,17-/m0/s1. The first-order chi connectivity index (χ1) is 13.5. The number of nitrogens with one attached hydrogen (secondary N) is 1. The highest BCUT2D eigenvalue weighted by Gasteiger charge is 2.39. The maximum Gasteiger partial charge on any atom is 0.251 e. The van der Waals surface area contributed by atoms with E-state index in [1.165, 1.54) is 4.68 Å². The average molecular weight is 392 g/mol. The van der Waals surface area contributed by atoms with E-state index >= 15 is 0 Å². The second-order valence-electron chi connectivity index (χ2n) is 6.47. The maximum atomic E-state index is 11.9. The van der Waals surface area contributed by atoms with Crippen molar-refractivity contribution in [2.24, 2.45) is 0 Å². The number of amides is 1. The molecule has 0 radical (unpaired) electrons.